The Bertz CT molecular complexity index is 243. The van der Waals surface area contributed by atoms with E-state index in [0.717, 1.165) is 13.0 Å². The lowest BCUT2D eigenvalue weighted by atomic mass is 10.1. The maximum Gasteiger partial charge on any atom is -0.00488 e. The maximum absolute atomic E-state index is 3.17. The fourth-order valence-electron chi connectivity index (χ4n) is 1.47. The van der Waals surface area contributed by atoms with E-state index in [0.29, 0.717) is 0 Å². The summed E-state index contributed by atoms with van der Waals surface area (Å²) in [5.41, 5.74) is 2.91. The van der Waals surface area contributed by atoms with Gasteiger partial charge in [0.2, 0.25) is 0 Å². The van der Waals surface area contributed by atoms with Crippen molar-refractivity contribution in [2.45, 2.75) is 26.2 Å². The molecular formula is C12H19N. The van der Waals surface area contributed by atoms with Gasteiger partial charge in [0.25, 0.3) is 0 Å². The molecule has 1 aromatic rings. The molecule has 0 aliphatic rings. The van der Waals surface area contributed by atoms with Crippen molar-refractivity contribution in [1.82, 2.24) is 5.32 Å². The molecule has 1 rings (SSSR count). The monoisotopic (exact) mass is 177 g/mol. The molecule has 1 aromatic carbocycles. The highest BCUT2D eigenvalue weighted by molar-refractivity contribution is 5.23. The maximum atomic E-state index is 3.17. The van der Waals surface area contributed by atoms with Crippen LogP contribution in [0.2, 0.25) is 0 Å². The molecule has 72 valence electrons. The van der Waals surface area contributed by atoms with Gasteiger partial charge in [-0.25, -0.2) is 0 Å². The van der Waals surface area contributed by atoms with Crippen molar-refractivity contribution in [2.24, 2.45) is 0 Å². The van der Waals surface area contributed by atoms with Gasteiger partial charge in [-0.1, -0.05) is 31.2 Å². The topological polar surface area (TPSA) is 12.0 Å². The molecular weight excluding hydrogens is 158 g/mol. The molecule has 0 saturated heterocycles. The van der Waals surface area contributed by atoms with Crippen molar-refractivity contribution < 1.29 is 0 Å². The first-order valence-electron chi connectivity index (χ1n) is 5.09. The smallest absolute Gasteiger partial charge is 0.00488 e. The van der Waals surface area contributed by atoms with E-state index in [1.165, 1.54) is 24.0 Å². The van der Waals surface area contributed by atoms with Gasteiger partial charge in [0.15, 0.2) is 0 Å². The van der Waals surface area contributed by atoms with Crippen LogP contribution in [-0.4, -0.2) is 13.6 Å². The number of nitrogens with one attached hydrogen (secondary N) is 1. The van der Waals surface area contributed by atoms with Crippen LogP contribution < -0.4 is 5.32 Å². The molecule has 0 unspecified atom stereocenters. The first-order chi connectivity index (χ1) is 6.36. The van der Waals surface area contributed by atoms with E-state index in [-0.39, 0.29) is 0 Å². The molecule has 0 aliphatic heterocycles. The number of aryl methyl sites for hydroxylation is 2. The molecule has 1 heteroatoms. The Hall–Kier alpha value is -0.820. The summed E-state index contributed by atoms with van der Waals surface area (Å²) in [4.78, 5) is 0. The summed E-state index contributed by atoms with van der Waals surface area (Å²) >= 11 is 0. The van der Waals surface area contributed by atoms with Gasteiger partial charge in [0.1, 0.15) is 0 Å². The Labute approximate surface area is 81.2 Å². The van der Waals surface area contributed by atoms with Crippen LogP contribution in [0.5, 0.6) is 0 Å². The van der Waals surface area contributed by atoms with Gasteiger partial charge in [-0.15, -0.1) is 0 Å². The highest BCUT2D eigenvalue weighted by Crippen LogP contribution is 2.07. The van der Waals surface area contributed by atoms with Gasteiger partial charge in [0, 0.05) is 0 Å². The third-order valence-corrected chi connectivity index (χ3v) is 2.29. The number of rotatable bonds is 5. The Morgan fingerprint density at radius 2 is 2.00 bits per heavy atom. The predicted octanol–water partition coefficient (Wildman–Crippen LogP) is 2.40. The second kappa shape index (κ2) is 5.76. The van der Waals surface area contributed by atoms with E-state index in [1.807, 2.05) is 7.05 Å². The van der Waals surface area contributed by atoms with Gasteiger partial charge >= 0.3 is 0 Å². The molecule has 0 radical (unpaired) electrons. The molecule has 1 N–H and O–H groups in total. The highest BCUT2D eigenvalue weighted by Gasteiger charge is 1.93. The zero-order chi connectivity index (χ0) is 9.52. The molecule has 0 spiro atoms. The van der Waals surface area contributed by atoms with Crippen LogP contribution in [0.25, 0.3) is 0 Å². The standard InChI is InChI=1S/C12H19N/c1-3-11-6-4-7-12(10-11)8-5-9-13-2/h4,6-7,10,13H,3,5,8-9H2,1-2H3. The van der Waals surface area contributed by atoms with Crippen molar-refractivity contribution in [3.8, 4) is 0 Å². The average molecular weight is 177 g/mol. The lowest BCUT2D eigenvalue weighted by molar-refractivity contribution is 0.724. The molecule has 1 nitrogen and oxygen atoms in total. The zero-order valence-electron chi connectivity index (χ0n) is 8.64. The largest absolute Gasteiger partial charge is 0.320 e. The van der Waals surface area contributed by atoms with Crippen molar-refractivity contribution in [1.29, 1.82) is 0 Å². The van der Waals surface area contributed by atoms with Gasteiger partial charge in [-0.2, -0.15) is 0 Å². The van der Waals surface area contributed by atoms with E-state index in [2.05, 4.69) is 36.5 Å². The van der Waals surface area contributed by atoms with Crippen LogP contribution in [0.4, 0.5) is 0 Å². The van der Waals surface area contributed by atoms with Crippen LogP contribution in [0.15, 0.2) is 24.3 Å². The fraction of sp³-hybridized carbons (Fsp3) is 0.500. The third-order valence-electron chi connectivity index (χ3n) is 2.29. The van der Waals surface area contributed by atoms with E-state index in [9.17, 15) is 0 Å². The van der Waals surface area contributed by atoms with Crippen LogP contribution in [0.3, 0.4) is 0 Å². The van der Waals surface area contributed by atoms with Crippen LogP contribution in [-0.2, 0) is 12.8 Å². The third kappa shape index (κ3) is 3.60. The first-order valence-corrected chi connectivity index (χ1v) is 5.09. The number of hydrogen-bond acceptors (Lipinski definition) is 1. The molecule has 0 aromatic heterocycles. The molecule has 0 bridgehead atoms. The van der Waals surface area contributed by atoms with E-state index in [4.69, 9.17) is 0 Å². The van der Waals surface area contributed by atoms with Crippen LogP contribution >= 0.6 is 0 Å². The van der Waals surface area contributed by atoms with Gasteiger partial charge in [-0.05, 0) is 44.0 Å². The van der Waals surface area contributed by atoms with E-state index >= 15 is 0 Å². The lowest BCUT2D eigenvalue weighted by Crippen LogP contribution is -2.08. The lowest BCUT2D eigenvalue weighted by Gasteiger charge is -2.03. The molecule has 0 fully saturated rings. The quantitative estimate of drug-likeness (QED) is 0.681. The fourth-order valence-corrected chi connectivity index (χ4v) is 1.47. The summed E-state index contributed by atoms with van der Waals surface area (Å²) in [6.45, 7) is 3.31. The number of benzene rings is 1. The average Bonchev–Trinajstić information content (AvgIpc) is 2.19. The second-order valence-electron chi connectivity index (χ2n) is 3.38. The van der Waals surface area contributed by atoms with Crippen LogP contribution in [0, 0.1) is 0 Å². The zero-order valence-corrected chi connectivity index (χ0v) is 8.64. The van der Waals surface area contributed by atoms with E-state index in [1.54, 1.807) is 0 Å². The summed E-state index contributed by atoms with van der Waals surface area (Å²) in [6, 6.07) is 8.89. The minimum Gasteiger partial charge on any atom is -0.320 e. The molecule has 0 saturated carbocycles. The minimum atomic E-state index is 1.11. The Morgan fingerprint density at radius 3 is 2.69 bits per heavy atom. The normalized spacial score (nSPS) is 10.3. The van der Waals surface area contributed by atoms with Crippen LogP contribution in [0.1, 0.15) is 24.5 Å². The summed E-state index contributed by atoms with van der Waals surface area (Å²) < 4.78 is 0. The Kier molecular flexibility index (Phi) is 4.55. The summed E-state index contributed by atoms with van der Waals surface area (Å²) in [5.74, 6) is 0. The molecule has 0 atom stereocenters. The first kappa shape index (κ1) is 10.3. The molecule has 0 aliphatic carbocycles. The number of hydrogen-bond donors (Lipinski definition) is 1. The van der Waals surface area contributed by atoms with Gasteiger partial charge < -0.3 is 5.32 Å². The minimum absolute atomic E-state index is 1.11. The molecule has 0 amide bonds. The van der Waals surface area contributed by atoms with Gasteiger partial charge in [-0.3, -0.25) is 0 Å². The Morgan fingerprint density at radius 1 is 1.23 bits per heavy atom. The van der Waals surface area contributed by atoms with Crippen molar-refractivity contribution in [3.05, 3.63) is 35.4 Å². The molecule has 13 heavy (non-hydrogen) atoms. The SMILES string of the molecule is CCc1cccc(CCCNC)c1. The van der Waals surface area contributed by atoms with Crippen molar-refractivity contribution in [3.63, 3.8) is 0 Å². The summed E-state index contributed by atoms with van der Waals surface area (Å²) in [6.07, 6.45) is 3.55. The predicted molar refractivity (Wildman–Crippen MR) is 58.1 cm³/mol. The highest BCUT2D eigenvalue weighted by atomic mass is 14.8. The van der Waals surface area contributed by atoms with Crippen molar-refractivity contribution >= 4 is 0 Å². The summed E-state index contributed by atoms with van der Waals surface area (Å²) in [7, 11) is 2.00. The second-order valence-corrected chi connectivity index (χ2v) is 3.38. The summed E-state index contributed by atoms with van der Waals surface area (Å²) in [5, 5.41) is 3.17. The van der Waals surface area contributed by atoms with Crippen molar-refractivity contribution in [2.75, 3.05) is 13.6 Å². The Balaban J connectivity index is 2.46. The van der Waals surface area contributed by atoms with E-state index < -0.39 is 0 Å². The van der Waals surface area contributed by atoms with Gasteiger partial charge in [0.05, 0.1) is 0 Å². The molecule has 0 heterocycles.